The number of benzene rings is 2. The zero-order valence-corrected chi connectivity index (χ0v) is 19.3. The van der Waals surface area contributed by atoms with Crippen LogP contribution in [0.1, 0.15) is 31.6 Å². The third-order valence-electron chi connectivity index (χ3n) is 5.50. The largest absolute Gasteiger partial charge is 0.350 e. The molecule has 2 heterocycles. The average molecular weight is 465 g/mol. The molecule has 0 radical (unpaired) electrons. The summed E-state index contributed by atoms with van der Waals surface area (Å²) >= 11 is 0.993. The monoisotopic (exact) mass is 464 g/mol. The fourth-order valence-corrected chi connectivity index (χ4v) is 4.36. The highest BCUT2D eigenvalue weighted by Gasteiger charge is 2.19. The molecule has 2 N–H and O–H groups in total. The van der Waals surface area contributed by atoms with Crippen LogP contribution < -0.4 is 10.6 Å². The van der Waals surface area contributed by atoms with Crippen molar-refractivity contribution < 1.29 is 9.59 Å². The highest BCUT2D eigenvalue weighted by molar-refractivity contribution is 7.15. The van der Waals surface area contributed by atoms with Gasteiger partial charge >= 0.3 is 0 Å². The van der Waals surface area contributed by atoms with Gasteiger partial charge in [-0.05, 0) is 30.7 Å². The summed E-state index contributed by atoms with van der Waals surface area (Å²) < 4.78 is 0. The summed E-state index contributed by atoms with van der Waals surface area (Å²) in [5.41, 5.74) is 2.02. The molecule has 0 bridgehead atoms. The van der Waals surface area contributed by atoms with Crippen molar-refractivity contribution in [1.82, 2.24) is 25.3 Å². The molecule has 1 fully saturated rings. The summed E-state index contributed by atoms with van der Waals surface area (Å²) in [7, 11) is 0. The van der Waals surface area contributed by atoms with E-state index in [1.54, 1.807) is 12.1 Å². The zero-order valence-electron chi connectivity index (χ0n) is 18.4. The Labute approximate surface area is 197 Å². The third-order valence-corrected chi connectivity index (χ3v) is 6.42. The average Bonchev–Trinajstić information content (AvgIpc) is 3.35. The fourth-order valence-electron chi connectivity index (χ4n) is 3.71. The fraction of sp³-hybridized carbons (Fsp3) is 0.333. The molecule has 3 aromatic rings. The predicted molar refractivity (Wildman–Crippen MR) is 129 cm³/mol. The van der Waals surface area contributed by atoms with Crippen LogP contribution in [-0.4, -0.2) is 71.1 Å². The van der Waals surface area contributed by atoms with Gasteiger partial charge in [-0.2, -0.15) is 0 Å². The lowest BCUT2D eigenvalue weighted by Crippen LogP contribution is -2.46. The molecule has 4 rings (SSSR count). The number of para-hydroxylation sites is 1. The van der Waals surface area contributed by atoms with Crippen LogP contribution >= 0.6 is 11.3 Å². The van der Waals surface area contributed by atoms with E-state index in [0.29, 0.717) is 12.2 Å². The Hall–Kier alpha value is -3.14. The van der Waals surface area contributed by atoms with Gasteiger partial charge in [-0.3, -0.25) is 14.5 Å². The van der Waals surface area contributed by atoms with Crippen molar-refractivity contribution in [1.29, 1.82) is 0 Å². The Morgan fingerprint density at radius 3 is 2.12 bits per heavy atom. The summed E-state index contributed by atoms with van der Waals surface area (Å²) in [5.74, 6) is -0.664. The van der Waals surface area contributed by atoms with Crippen molar-refractivity contribution in [3.63, 3.8) is 0 Å². The van der Waals surface area contributed by atoms with Crippen LogP contribution in [0.4, 0.5) is 5.69 Å². The van der Waals surface area contributed by atoms with Crippen LogP contribution in [0.3, 0.4) is 0 Å². The summed E-state index contributed by atoms with van der Waals surface area (Å²) in [6.07, 6.45) is 0.866. The number of amides is 2. The van der Waals surface area contributed by atoms with Crippen molar-refractivity contribution in [2.24, 2.45) is 0 Å². The van der Waals surface area contributed by atoms with Gasteiger partial charge < -0.3 is 15.5 Å². The second-order valence-electron chi connectivity index (χ2n) is 7.95. The number of nitrogens with one attached hydrogen (secondary N) is 2. The van der Waals surface area contributed by atoms with E-state index in [0.717, 1.165) is 57.0 Å². The zero-order chi connectivity index (χ0) is 22.9. The first-order valence-electron chi connectivity index (χ1n) is 11.1. The molecule has 0 unspecified atom stereocenters. The summed E-state index contributed by atoms with van der Waals surface area (Å²) in [6.45, 7) is 6.69. The molecule has 2 aromatic carbocycles. The number of hydrogen-bond donors (Lipinski definition) is 2. The number of carbonyl (C=O) groups excluding carboxylic acids is 2. The van der Waals surface area contributed by atoms with E-state index in [1.165, 1.54) is 5.56 Å². The van der Waals surface area contributed by atoms with E-state index in [9.17, 15) is 9.59 Å². The Kier molecular flexibility index (Phi) is 8.13. The summed E-state index contributed by atoms with van der Waals surface area (Å²) in [5, 5.41) is 13.7. The molecule has 33 heavy (non-hydrogen) atoms. The van der Waals surface area contributed by atoms with E-state index in [1.807, 2.05) is 24.3 Å². The van der Waals surface area contributed by atoms with E-state index in [-0.39, 0.29) is 21.8 Å². The minimum absolute atomic E-state index is 0.164. The SMILES string of the molecule is O=C(NCCCN1CCN(Cc2ccccc2)CC1)c1nnc(C(=O)Nc2ccccc2)s1. The number of rotatable bonds is 9. The maximum Gasteiger partial charge on any atom is 0.286 e. The van der Waals surface area contributed by atoms with Crippen molar-refractivity contribution in [2.75, 3.05) is 44.6 Å². The van der Waals surface area contributed by atoms with E-state index in [2.05, 4.69) is 54.9 Å². The van der Waals surface area contributed by atoms with E-state index >= 15 is 0 Å². The maximum absolute atomic E-state index is 12.4. The molecule has 1 aliphatic heterocycles. The summed E-state index contributed by atoms with van der Waals surface area (Å²) in [6, 6.07) is 19.7. The molecule has 9 heteroatoms. The molecule has 172 valence electrons. The molecule has 2 amide bonds. The van der Waals surface area contributed by atoms with Crippen molar-refractivity contribution >= 4 is 28.8 Å². The topological polar surface area (TPSA) is 90.5 Å². The maximum atomic E-state index is 12.4. The lowest BCUT2D eigenvalue weighted by atomic mass is 10.2. The normalized spacial score (nSPS) is 14.7. The second kappa shape index (κ2) is 11.6. The van der Waals surface area contributed by atoms with Crippen LogP contribution in [0, 0.1) is 0 Å². The molecule has 8 nitrogen and oxygen atoms in total. The highest BCUT2D eigenvalue weighted by Crippen LogP contribution is 2.13. The highest BCUT2D eigenvalue weighted by atomic mass is 32.1. The van der Waals surface area contributed by atoms with Gasteiger partial charge in [-0.1, -0.05) is 59.9 Å². The molecule has 0 aliphatic carbocycles. The standard InChI is InChI=1S/C24H28N6O2S/c31-21(23-27-28-24(33-23)22(32)26-20-10-5-2-6-11-20)25-12-7-13-29-14-16-30(17-15-29)18-19-8-3-1-4-9-19/h1-6,8-11H,7,12-18H2,(H,25,31)(H,26,32). The number of carbonyl (C=O) groups is 2. The Bertz CT molecular complexity index is 1040. The van der Waals surface area contributed by atoms with Gasteiger partial charge in [0.15, 0.2) is 0 Å². The van der Waals surface area contributed by atoms with Gasteiger partial charge in [-0.25, -0.2) is 0 Å². The van der Waals surface area contributed by atoms with E-state index < -0.39 is 0 Å². The third kappa shape index (κ3) is 6.92. The van der Waals surface area contributed by atoms with Crippen LogP contribution in [0.15, 0.2) is 60.7 Å². The molecule has 1 aliphatic rings. The first-order chi connectivity index (χ1) is 16.2. The summed E-state index contributed by atoms with van der Waals surface area (Å²) in [4.78, 5) is 29.5. The minimum Gasteiger partial charge on any atom is -0.350 e. The number of aromatic nitrogens is 2. The molecule has 0 atom stereocenters. The molecular weight excluding hydrogens is 436 g/mol. The van der Waals surface area contributed by atoms with Gasteiger partial charge in [0, 0.05) is 45.0 Å². The van der Waals surface area contributed by atoms with Crippen LogP contribution in [0.25, 0.3) is 0 Å². The quantitative estimate of drug-likeness (QED) is 0.473. The lowest BCUT2D eigenvalue weighted by molar-refractivity contribution is 0.0945. The molecular formula is C24H28N6O2S. The molecule has 0 saturated carbocycles. The number of hydrogen-bond acceptors (Lipinski definition) is 7. The smallest absolute Gasteiger partial charge is 0.286 e. The van der Waals surface area contributed by atoms with Crippen LogP contribution in [0.5, 0.6) is 0 Å². The number of piperazine rings is 1. The predicted octanol–water partition coefficient (Wildman–Crippen LogP) is 2.73. The molecule has 0 spiro atoms. The van der Waals surface area contributed by atoms with Crippen molar-refractivity contribution in [2.45, 2.75) is 13.0 Å². The number of nitrogens with zero attached hydrogens (tertiary/aromatic N) is 4. The first kappa shape index (κ1) is 23.0. The Morgan fingerprint density at radius 1 is 0.818 bits per heavy atom. The first-order valence-corrected chi connectivity index (χ1v) is 12.0. The molecule has 1 aromatic heterocycles. The minimum atomic E-state index is -0.371. The van der Waals surface area contributed by atoms with Crippen LogP contribution in [-0.2, 0) is 6.54 Å². The van der Waals surface area contributed by atoms with Crippen molar-refractivity contribution in [3.05, 3.63) is 76.2 Å². The van der Waals surface area contributed by atoms with E-state index in [4.69, 9.17) is 0 Å². The second-order valence-corrected chi connectivity index (χ2v) is 8.92. The van der Waals surface area contributed by atoms with Crippen molar-refractivity contribution in [3.8, 4) is 0 Å². The van der Waals surface area contributed by atoms with Gasteiger partial charge in [0.2, 0.25) is 10.0 Å². The molecule has 1 saturated heterocycles. The Balaban J connectivity index is 1.13. The van der Waals surface area contributed by atoms with Gasteiger partial charge in [-0.15, -0.1) is 10.2 Å². The van der Waals surface area contributed by atoms with Gasteiger partial charge in [0.05, 0.1) is 0 Å². The Morgan fingerprint density at radius 2 is 1.42 bits per heavy atom. The van der Waals surface area contributed by atoms with Gasteiger partial charge in [0.1, 0.15) is 0 Å². The lowest BCUT2D eigenvalue weighted by Gasteiger charge is -2.34. The van der Waals surface area contributed by atoms with Gasteiger partial charge in [0.25, 0.3) is 11.8 Å². The number of anilines is 1. The van der Waals surface area contributed by atoms with Crippen LogP contribution in [0.2, 0.25) is 0 Å².